The number of fused-ring (bicyclic) bond motifs is 1. The molecule has 7 heteroatoms. The average Bonchev–Trinajstić information content (AvgIpc) is 2.63. The number of rotatable bonds is 0. The first-order valence-electron chi connectivity index (χ1n) is 4.69. The molecule has 4 N–H and O–H groups in total. The predicted molar refractivity (Wildman–Crippen MR) is 55.1 cm³/mol. The van der Waals surface area contributed by atoms with E-state index in [9.17, 15) is 13.2 Å². The molecule has 0 aromatic heterocycles. The van der Waals surface area contributed by atoms with Gasteiger partial charge in [0, 0.05) is 18.8 Å². The number of hydrogen-bond acceptors (Lipinski definition) is 3. The van der Waals surface area contributed by atoms with Crippen molar-refractivity contribution in [1.82, 2.24) is 5.32 Å². The second-order valence-corrected chi connectivity index (χ2v) is 3.43. The van der Waals surface area contributed by atoms with E-state index in [2.05, 4.69) is 11.4 Å². The van der Waals surface area contributed by atoms with Crippen molar-refractivity contribution >= 4 is 11.7 Å². The lowest BCUT2D eigenvalue weighted by Crippen LogP contribution is -2.21. The third-order valence-corrected chi connectivity index (χ3v) is 2.10. The molecule has 1 aliphatic rings. The first kappa shape index (κ1) is 13.3. The Kier molecular flexibility index (Phi) is 3.95. The number of carbonyl (C=O) groups is 1. The van der Waals surface area contributed by atoms with Crippen LogP contribution in [0.2, 0.25) is 0 Å². The number of hydrogen-bond donors (Lipinski definition) is 3. The zero-order valence-electron chi connectivity index (χ0n) is 8.71. The third-order valence-electron chi connectivity index (χ3n) is 2.10. The molecule has 0 saturated heterocycles. The van der Waals surface area contributed by atoms with Crippen LogP contribution in [0, 0.1) is 0 Å². The molecular weight excluding hydrogens is 237 g/mol. The van der Waals surface area contributed by atoms with Gasteiger partial charge in [-0.05, 0) is 23.3 Å². The van der Waals surface area contributed by atoms with Gasteiger partial charge in [-0.25, -0.2) is 4.79 Å². The molecule has 0 atom stereocenters. The van der Waals surface area contributed by atoms with E-state index in [0.717, 1.165) is 18.8 Å². The van der Waals surface area contributed by atoms with Crippen LogP contribution >= 0.6 is 0 Å². The lowest BCUT2D eigenvalue weighted by molar-refractivity contribution is -0.192. The summed E-state index contributed by atoms with van der Waals surface area (Å²) < 4.78 is 31.7. The highest BCUT2D eigenvalue weighted by molar-refractivity contribution is 5.73. The van der Waals surface area contributed by atoms with Gasteiger partial charge in [-0.15, -0.1) is 0 Å². The first-order valence-corrected chi connectivity index (χ1v) is 4.69. The van der Waals surface area contributed by atoms with Crippen LogP contribution in [0.4, 0.5) is 18.9 Å². The second-order valence-electron chi connectivity index (χ2n) is 3.43. The smallest absolute Gasteiger partial charge is 0.475 e. The number of halogens is 3. The molecule has 1 aromatic rings. The fraction of sp³-hybridized carbons (Fsp3) is 0.300. The van der Waals surface area contributed by atoms with Crippen molar-refractivity contribution in [2.75, 3.05) is 5.73 Å². The molecule has 0 bridgehead atoms. The summed E-state index contributed by atoms with van der Waals surface area (Å²) in [5.74, 6) is -2.76. The molecule has 17 heavy (non-hydrogen) atoms. The summed E-state index contributed by atoms with van der Waals surface area (Å²) in [5, 5.41) is 10.4. The van der Waals surface area contributed by atoms with E-state index >= 15 is 0 Å². The molecular formula is C10H11F3N2O2. The fourth-order valence-electron chi connectivity index (χ4n) is 1.31. The number of carboxylic acid groups (broad SMARTS) is 1. The van der Waals surface area contributed by atoms with E-state index in [1.807, 2.05) is 12.1 Å². The van der Waals surface area contributed by atoms with Crippen molar-refractivity contribution in [3.05, 3.63) is 29.3 Å². The van der Waals surface area contributed by atoms with Gasteiger partial charge in [-0.1, -0.05) is 6.07 Å². The molecule has 4 nitrogen and oxygen atoms in total. The number of benzene rings is 1. The topological polar surface area (TPSA) is 75.3 Å². The number of aliphatic carboxylic acids is 1. The summed E-state index contributed by atoms with van der Waals surface area (Å²) in [7, 11) is 0. The zero-order chi connectivity index (χ0) is 13.1. The van der Waals surface area contributed by atoms with Crippen LogP contribution in [0.3, 0.4) is 0 Å². The van der Waals surface area contributed by atoms with Gasteiger partial charge in [-0.3, -0.25) is 0 Å². The highest BCUT2D eigenvalue weighted by Crippen LogP contribution is 2.17. The summed E-state index contributed by atoms with van der Waals surface area (Å²) >= 11 is 0. The summed E-state index contributed by atoms with van der Waals surface area (Å²) in [6.07, 6.45) is -5.08. The minimum Gasteiger partial charge on any atom is -0.475 e. The number of anilines is 1. The quantitative estimate of drug-likeness (QED) is 0.608. The van der Waals surface area contributed by atoms with Crippen molar-refractivity contribution in [1.29, 1.82) is 0 Å². The molecule has 0 saturated carbocycles. The Bertz CT molecular complexity index is 419. The highest BCUT2D eigenvalue weighted by Gasteiger charge is 2.38. The molecule has 1 aromatic carbocycles. The normalized spacial score (nSPS) is 13.6. The number of alkyl halides is 3. The Morgan fingerprint density at radius 2 is 1.82 bits per heavy atom. The van der Waals surface area contributed by atoms with Crippen LogP contribution in [-0.4, -0.2) is 17.3 Å². The Labute approximate surface area is 95.2 Å². The van der Waals surface area contributed by atoms with Crippen LogP contribution in [0.1, 0.15) is 11.1 Å². The van der Waals surface area contributed by atoms with Crippen LogP contribution in [0.15, 0.2) is 18.2 Å². The van der Waals surface area contributed by atoms with Crippen LogP contribution in [-0.2, 0) is 17.9 Å². The van der Waals surface area contributed by atoms with Gasteiger partial charge in [0.1, 0.15) is 0 Å². The van der Waals surface area contributed by atoms with Gasteiger partial charge in [-0.2, -0.15) is 13.2 Å². The third kappa shape index (κ3) is 3.95. The van der Waals surface area contributed by atoms with Crippen molar-refractivity contribution in [3.63, 3.8) is 0 Å². The van der Waals surface area contributed by atoms with Crippen LogP contribution in [0.25, 0.3) is 0 Å². The van der Waals surface area contributed by atoms with Gasteiger partial charge in [0.05, 0.1) is 0 Å². The lowest BCUT2D eigenvalue weighted by atomic mass is 10.1. The van der Waals surface area contributed by atoms with E-state index in [1.165, 1.54) is 11.1 Å². The first-order chi connectivity index (χ1) is 7.80. The van der Waals surface area contributed by atoms with Crippen molar-refractivity contribution in [2.24, 2.45) is 0 Å². The number of nitrogens with two attached hydrogens (primary N) is 1. The Morgan fingerprint density at radius 3 is 2.35 bits per heavy atom. The highest BCUT2D eigenvalue weighted by atomic mass is 19.4. The van der Waals surface area contributed by atoms with Crippen molar-refractivity contribution in [2.45, 2.75) is 19.3 Å². The number of nitrogen functional groups attached to an aromatic ring is 1. The largest absolute Gasteiger partial charge is 0.490 e. The predicted octanol–water partition coefficient (Wildman–Crippen LogP) is 1.51. The molecule has 0 spiro atoms. The Morgan fingerprint density at radius 1 is 1.29 bits per heavy atom. The molecule has 0 unspecified atom stereocenters. The number of carboxylic acids is 1. The molecule has 0 aliphatic carbocycles. The molecule has 2 rings (SSSR count). The Hall–Kier alpha value is -1.76. The minimum absolute atomic E-state index is 0.863. The summed E-state index contributed by atoms with van der Waals surface area (Å²) in [6, 6.07) is 6.08. The monoisotopic (exact) mass is 248 g/mol. The Balaban J connectivity index is 0.000000185. The zero-order valence-corrected chi connectivity index (χ0v) is 8.71. The van der Waals surface area contributed by atoms with Crippen molar-refractivity contribution in [3.8, 4) is 0 Å². The van der Waals surface area contributed by atoms with Gasteiger partial charge in [0.25, 0.3) is 0 Å². The standard InChI is InChI=1S/C8H10N2.C2HF3O2/c9-8-2-1-6-4-10-5-7(6)3-8;3-2(4,5)1(6)7/h1-3,10H,4-5,9H2;(H,6,7). The van der Waals surface area contributed by atoms with Gasteiger partial charge < -0.3 is 16.2 Å². The maximum Gasteiger partial charge on any atom is 0.490 e. The van der Waals surface area contributed by atoms with Crippen molar-refractivity contribution < 1.29 is 23.1 Å². The van der Waals surface area contributed by atoms with Gasteiger partial charge in [0.15, 0.2) is 0 Å². The van der Waals surface area contributed by atoms with E-state index in [1.54, 1.807) is 0 Å². The van der Waals surface area contributed by atoms with Gasteiger partial charge in [0.2, 0.25) is 0 Å². The van der Waals surface area contributed by atoms with Crippen LogP contribution < -0.4 is 11.1 Å². The lowest BCUT2D eigenvalue weighted by Gasteiger charge is -1.97. The minimum atomic E-state index is -5.08. The summed E-state index contributed by atoms with van der Waals surface area (Å²) in [5.41, 5.74) is 9.20. The van der Waals surface area contributed by atoms with Gasteiger partial charge >= 0.3 is 12.1 Å². The molecule has 0 amide bonds. The maximum absolute atomic E-state index is 10.6. The van der Waals surface area contributed by atoms with E-state index in [-0.39, 0.29) is 0 Å². The van der Waals surface area contributed by atoms with E-state index < -0.39 is 12.1 Å². The molecule has 0 radical (unpaired) electrons. The average molecular weight is 248 g/mol. The summed E-state index contributed by atoms with van der Waals surface area (Å²) in [6.45, 7) is 1.97. The second kappa shape index (κ2) is 5.05. The van der Waals surface area contributed by atoms with E-state index in [0.29, 0.717) is 0 Å². The molecule has 94 valence electrons. The number of nitrogens with one attached hydrogen (secondary N) is 1. The maximum atomic E-state index is 10.6. The SMILES string of the molecule is Nc1ccc2c(c1)CNC2.O=C(O)C(F)(F)F. The molecule has 1 heterocycles. The van der Waals surface area contributed by atoms with Crippen LogP contribution in [0.5, 0.6) is 0 Å². The summed E-state index contributed by atoms with van der Waals surface area (Å²) in [4.78, 5) is 8.90. The fourth-order valence-corrected chi connectivity index (χ4v) is 1.31. The van der Waals surface area contributed by atoms with E-state index in [4.69, 9.17) is 15.6 Å². The molecule has 0 fully saturated rings. The molecule has 1 aliphatic heterocycles.